The van der Waals surface area contributed by atoms with Crippen molar-refractivity contribution in [3.63, 3.8) is 0 Å². The van der Waals surface area contributed by atoms with Crippen molar-refractivity contribution < 1.29 is 4.79 Å². The van der Waals surface area contributed by atoms with Gasteiger partial charge in [-0.3, -0.25) is 4.79 Å². The van der Waals surface area contributed by atoms with E-state index in [4.69, 9.17) is 0 Å². The predicted octanol–water partition coefficient (Wildman–Crippen LogP) is 5.37. The summed E-state index contributed by atoms with van der Waals surface area (Å²) in [4.78, 5) is 24.7. The third kappa shape index (κ3) is 4.20. The standard InChI is InChI=1S/C21H22N4OS2/c1-14-8-9-16(12-17(14)20(26)25-11-5-6-15(25)2)27-19-13-23-21(28-19)24-18-7-3-4-10-22-18/h3-4,7-10,12-13,15H,5-6,11H2,1-2H3,(H,22,23,24). The number of aryl methyl sites for hydroxylation is 1. The molecular weight excluding hydrogens is 388 g/mol. The number of hydrogen-bond acceptors (Lipinski definition) is 6. The third-order valence-corrected chi connectivity index (χ3v) is 6.86. The number of carbonyl (C=O) groups is 1. The Kier molecular flexibility index (Phi) is 5.64. The van der Waals surface area contributed by atoms with Crippen molar-refractivity contribution in [1.82, 2.24) is 14.9 Å². The minimum atomic E-state index is 0.145. The smallest absolute Gasteiger partial charge is 0.254 e. The number of nitrogens with one attached hydrogen (secondary N) is 1. The Morgan fingerprint density at radius 2 is 2.18 bits per heavy atom. The van der Waals surface area contributed by atoms with Gasteiger partial charge in [0, 0.05) is 29.2 Å². The normalized spacial score (nSPS) is 16.4. The molecule has 3 aromatic rings. The van der Waals surface area contributed by atoms with Crippen molar-refractivity contribution in [3.8, 4) is 0 Å². The summed E-state index contributed by atoms with van der Waals surface area (Å²) in [7, 11) is 0. The average molecular weight is 411 g/mol. The molecule has 3 heterocycles. The van der Waals surface area contributed by atoms with Crippen LogP contribution in [0.1, 0.15) is 35.7 Å². The number of aromatic nitrogens is 2. The van der Waals surface area contributed by atoms with Crippen LogP contribution in [0.3, 0.4) is 0 Å². The predicted molar refractivity (Wildman–Crippen MR) is 115 cm³/mol. The number of anilines is 2. The van der Waals surface area contributed by atoms with Crippen LogP contribution >= 0.6 is 23.1 Å². The molecule has 144 valence electrons. The zero-order chi connectivity index (χ0) is 19.5. The molecule has 1 N–H and O–H groups in total. The van der Waals surface area contributed by atoms with Crippen LogP contribution in [-0.4, -0.2) is 33.4 Å². The summed E-state index contributed by atoms with van der Waals surface area (Å²) in [6.45, 7) is 4.99. The second-order valence-corrected chi connectivity index (χ2v) is 9.30. The number of rotatable bonds is 5. The van der Waals surface area contributed by atoms with Crippen LogP contribution in [0.2, 0.25) is 0 Å². The lowest BCUT2D eigenvalue weighted by molar-refractivity contribution is 0.0746. The highest BCUT2D eigenvalue weighted by atomic mass is 32.2. The molecule has 4 rings (SSSR count). The Bertz CT molecular complexity index is 974. The van der Waals surface area contributed by atoms with Crippen molar-refractivity contribution in [1.29, 1.82) is 0 Å². The quantitative estimate of drug-likeness (QED) is 0.613. The zero-order valence-corrected chi connectivity index (χ0v) is 17.5. The molecule has 7 heteroatoms. The van der Waals surface area contributed by atoms with Gasteiger partial charge in [-0.2, -0.15) is 0 Å². The molecule has 1 aliphatic heterocycles. The number of benzene rings is 1. The van der Waals surface area contributed by atoms with Crippen LogP contribution in [0.15, 0.2) is 57.9 Å². The molecule has 5 nitrogen and oxygen atoms in total. The highest BCUT2D eigenvalue weighted by molar-refractivity contribution is 8.01. The van der Waals surface area contributed by atoms with Crippen molar-refractivity contribution in [2.45, 2.75) is 41.8 Å². The molecule has 1 unspecified atom stereocenters. The van der Waals surface area contributed by atoms with Gasteiger partial charge in [-0.1, -0.05) is 35.2 Å². The fourth-order valence-corrected chi connectivity index (χ4v) is 5.21. The van der Waals surface area contributed by atoms with E-state index in [0.29, 0.717) is 6.04 Å². The Hall–Kier alpha value is -2.38. The first-order valence-corrected chi connectivity index (χ1v) is 11.0. The molecule has 0 aliphatic carbocycles. The lowest BCUT2D eigenvalue weighted by Crippen LogP contribution is -2.34. The fourth-order valence-electron chi connectivity index (χ4n) is 3.31. The Balaban J connectivity index is 1.49. The van der Waals surface area contributed by atoms with E-state index in [0.717, 1.165) is 50.6 Å². The second kappa shape index (κ2) is 8.32. The SMILES string of the molecule is Cc1ccc(Sc2cnc(Nc3ccccn3)s2)cc1C(=O)N1CCCC1C. The summed E-state index contributed by atoms with van der Waals surface area (Å²) in [6.07, 6.45) is 5.78. The summed E-state index contributed by atoms with van der Waals surface area (Å²) in [6, 6.07) is 12.2. The Labute approximate surface area is 173 Å². The van der Waals surface area contributed by atoms with E-state index in [1.54, 1.807) is 29.3 Å². The summed E-state index contributed by atoms with van der Waals surface area (Å²) >= 11 is 3.20. The number of pyridine rings is 1. The molecule has 0 bridgehead atoms. The van der Waals surface area contributed by atoms with Gasteiger partial charge in [-0.05, 0) is 56.5 Å². The number of likely N-dealkylation sites (tertiary alicyclic amines) is 1. The van der Waals surface area contributed by atoms with E-state index in [1.807, 2.05) is 48.4 Å². The van der Waals surface area contributed by atoms with E-state index >= 15 is 0 Å². The van der Waals surface area contributed by atoms with Crippen LogP contribution in [0.4, 0.5) is 10.9 Å². The minimum Gasteiger partial charge on any atom is -0.336 e. The van der Waals surface area contributed by atoms with Crippen molar-refractivity contribution in [2.75, 3.05) is 11.9 Å². The molecule has 1 amide bonds. The van der Waals surface area contributed by atoms with Gasteiger partial charge in [0.15, 0.2) is 5.13 Å². The van der Waals surface area contributed by atoms with Crippen LogP contribution < -0.4 is 5.32 Å². The van der Waals surface area contributed by atoms with Gasteiger partial charge < -0.3 is 10.2 Å². The molecule has 0 saturated carbocycles. The molecule has 28 heavy (non-hydrogen) atoms. The molecule has 0 radical (unpaired) electrons. The first kappa shape index (κ1) is 19.0. The van der Waals surface area contributed by atoms with Crippen LogP contribution in [-0.2, 0) is 0 Å². The van der Waals surface area contributed by atoms with E-state index in [-0.39, 0.29) is 5.91 Å². The number of amides is 1. The topological polar surface area (TPSA) is 58.1 Å². The number of thiazole rings is 1. The molecule has 1 fully saturated rings. The fraction of sp³-hybridized carbons (Fsp3) is 0.286. The van der Waals surface area contributed by atoms with E-state index in [2.05, 4.69) is 28.3 Å². The molecule has 1 aliphatic rings. The lowest BCUT2D eigenvalue weighted by Gasteiger charge is -2.22. The monoisotopic (exact) mass is 410 g/mol. The Morgan fingerprint density at radius 1 is 1.29 bits per heavy atom. The molecule has 1 saturated heterocycles. The van der Waals surface area contributed by atoms with Gasteiger partial charge in [-0.15, -0.1) is 0 Å². The number of nitrogens with zero attached hydrogens (tertiary/aromatic N) is 3. The summed E-state index contributed by atoms with van der Waals surface area (Å²) in [5, 5.41) is 4.01. The maximum atomic E-state index is 13.0. The first-order valence-electron chi connectivity index (χ1n) is 9.33. The summed E-state index contributed by atoms with van der Waals surface area (Å²) in [5.74, 6) is 0.920. The molecular formula is C21H22N4OS2. The Morgan fingerprint density at radius 3 is 2.93 bits per heavy atom. The molecule has 1 aromatic carbocycles. The van der Waals surface area contributed by atoms with Gasteiger partial charge in [0.05, 0.1) is 10.4 Å². The van der Waals surface area contributed by atoms with Crippen molar-refractivity contribution >= 4 is 40.0 Å². The average Bonchev–Trinajstić information content (AvgIpc) is 3.32. The molecule has 1 atom stereocenters. The van der Waals surface area contributed by atoms with Gasteiger partial charge in [0.25, 0.3) is 5.91 Å². The van der Waals surface area contributed by atoms with E-state index in [9.17, 15) is 4.79 Å². The second-order valence-electron chi connectivity index (χ2n) is 6.89. The maximum absolute atomic E-state index is 13.0. The van der Waals surface area contributed by atoms with Gasteiger partial charge >= 0.3 is 0 Å². The largest absolute Gasteiger partial charge is 0.336 e. The minimum absolute atomic E-state index is 0.145. The third-order valence-electron chi connectivity index (χ3n) is 4.86. The van der Waals surface area contributed by atoms with Crippen molar-refractivity contribution in [3.05, 3.63) is 59.9 Å². The highest BCUT2D eigenvalue weighted by Crippen LogP contribution is 2.36. The lowest BCUT2D eigenvalue weighted by atomic mass is 10.1. The van der Waals surface area contributed by atoms with Gasteiger partial charge in [-0.25, -0.2) is 9.97 Å². The molecule has 0 spiro atoms. The molecule has 2 aromatic heterocycles. The highest BCUT2D eigenvalue weighted by Gasteiger charge is 2.27. The van der Waals surface area contributed by atoms with Crippen LogP contribution in [0.25, 0.3) is 0 Å². The van der Waals surface area contributed by atoms with E-state index < -0.39 is 0 Å². The first-order chi connectivity index (χ1) is 13.6. The zero-order valence-electron chi connectivity index (χ0n) is 15.9. The maximum Gasteiger partial charge on any atom is 0.254 e. The van der Waals surface area contributed by atoms with Gasteiger partial charge in [0.1, 0.15) is 5.82 Å². The van der Waals surface area contributed by atoms with E-state index in [1.165, 1.54) is 0 Å². The number of hydrogen-bond donors (Lipinski definition) is 1. The van der Waals surface area contributed by atoms with Crippen LogP contribution in [0, 0.1) is 6.92 Å². The summed E-state index contributed by atoms with van der Waals surface area (Å²) < 4.78 is 1.07. The van der Waals surface area contributed by atoms with Crippen LogP contribution in [0.5, 0.6) is 0 Å². The van der Waals surface area contributed by atoms with Gasteiger partial charge in [0.2, 0.25) is 0 Å². The summed E-state index contributed by atoms with van der Waals surface area (Å²) in [5.41, 5.74) is 1.82. The number of carbonyl (C=O) groups excluding carboxylic acids is 1. The van der Waals surface area contributed by atoms with Crippen molar-refractivity contribution in [2.24, 2.45) is 0 Å².